The number of likely N-dealkylation sites (N-methyl/N-ethyl adjacent to an activating group) is 1. The van der Waals surface area contributed by atoms with Gasteiger partial charge >= 0.3 is 0 Å². The van der Waals surface area contributed by atoms with Crippen LogP contribution >= 0.6 is 11.3 Å². The van der Waals surface area contributed by atoms with E-state index in [4.69, 9.17) is 15.7 Å². The van der Waals surface area contributed by atoms with Crippen LogP contribution in [0.2, 0.25) is 0 Å². The van der Waals surface area contributed by atoms with Gasteiger partial charge in [-0.05, 0) is 36.6 Å². The summed E-state index contributed by atoms with van der Waals surface area (Å²) in [4.78, 5) is 25.1. The molecule has 1 aromatic carbocycles. The number of rotatable bonds is 5. The van der Waals surface area contributed by atoms with Crippen molar-refractivity contribution < 1.29 is 4.79 Å². The number of nitrogens with two attached hydrogens (primary N) is 1. The van der Waals surface area contributed by atoms with Crippen LogP contribution in [0.5, 0.6) is 0 Å². The van der Waals surface area contributed by atoms with Crippen molar-refractivity contribution in [1.29, 1.82) is 0 Å². The molecule has 152 valence electrons. The van der Waals surface area contributed by atoms with Gasteiger partial charge in [0.25, 0.3) is 0 Å². The summed E-state index contributed by atoms with van der Waals surface area (Å²) in [7, 11) is 2.07. The van der Waals surface area contributed by atoms with Crippen molar-refractivity contribution in [2.24, 2.45) is 5.73 Å². The smallest absolute Gasteiger partial charge is 0.249 e. The summed E-state index contributed by atoms with van der Waals surface area (Å²) in [6.45, 7) is 3.62. The highest BCUT2D eigenvalue weighted by Crippen LogP contribution is 2.34. The van der Waals surface area contributed by atoms with Gasteiger partial charge in [0.1, 0.15) is 5.69 Å². The summed E-state index contributed by atoms with van der Waals surface area (Å²) >= 11 is 1.72. The van der Waals surface area contributed by atoms with E-state index in [1.54, 1.807) is 17.4 Å². The van der Waals surface area contributed by atoms with Gasteiger partial charge < -0.3 is 16.0 Å². The lowest BCUT2D eigenvalue weighted by molar-refractivity contribution is 0.100. The average molecular weight is 419 g/mol. The van der Waals surface area contributed by atoms with Gasteiger partial charge in [-0.15, -0.1) is 11.3 Å². The van der Waals surface area contributed by atoms with Crippen molar-refractivity contribution in [2.75, 3.05) is 23.8 Å². The van der Waals surface area contributed by atoms with Crippen molar-refractivity contribution in [3.8, 4) is 5.95 Å². The number of aromatic nitrogens is 3. The van der Waals surface area contributed by atoms with E-state index in [0.29, 0.717) is 18.1 Å². The zero-order valence-electron chi connectivity index (χ0n) is 16.8. The van der Waals surface area contributed by atoms with E-state index in [2.05, 4.69) is 34.8 Å². The van der Waals surface area contributed by atoms with Crippen molar-refractivity contribution in [3.63, 3.8) is 0 Å². The lowest BCUT2D eigenvalue weighted by Crippen LogP contribution is -2.16. The molecule has 8 heteroatoms. The van der Waals surface area contributed by atoms with Crippen molar-refractivity contribution in [2.45, 2.75) is 19.9 Å². The molecule has 3 N–H and O–H groups in total. The molecule has 0 radical (unpaired) electrons. The lowest BCUT2D eigenvalue weighted by Gasteiger charge is -2.18. The molecule has 5 rings (SSSR count). The molecule has 4 heterocycles. The number of amides is 1. The maximum Gasteiger partial charge on any atom is 0.249 e. The number of benzene rings is 1. The molecule has 30 heavy (non-hydrogen) atoms. The fraction of sp³-hybridized carbons (Fsp3) is 0.227. The quantitative estimate of drug-likeness (QED) is 0.518. The van der Waals surface area contributed by atoms with Gasteiger partial charge in [-0.2, -0.15) is 4.98 Å². The Morgan fingerprint density at radius 3 is 2.90 bits per heavy atom. The van der Waals surface area contributed by atoms with Crippen LogP contribution in [0.4, 0.5) is 11.5 Å². The molecule has 1 aliphatic heterocycles. The molecule has 7 nitrogen and oxygen atoms in total. The second-order valence-electron chi connectivity index (χ2n) is 7.50. The fourth-order valence-electron chi connectivity index (χ4n) is 4.10. The molecule has 3 aromatic heterocycles. The molecule has 0 unspecified atom stereocenters. The summed E-state index contributed by atoms with van der Waals surface area (Å²) in [5, 5.41) is 6.40. The standard InChI is InChI=1S/C22H22N6OS/c1-13-11-16-15(20(23)29)6-3-7-18(16)28(13)22-25-17-8-9-27(2)19(17)21(26-22)24-12-14-5-4-10-30-14/h3-7,10-11H,8-9,12H2,1-2H3,(H2,23,29)(H,24,25,26). The Labute approximate surface area is 178 Å². The molecule has 0 bridgehead atoms. The molecular weight excluding hydrogens is 396 g/mol. The summed E-state index contributed by atoms with van der Waals surface area (Å²) in [5.74, 6) is 0.995. The number of carbonyl (C=O) groups is 1. The normalized spacial score (nSPS) is 13.1. The van der Waals surface area contributed by atoms with Crippen molar-refractivity contribution in [3.05, 3.63) is 63.6 Å². The van der Waals surface area contributed by atoms with E-state index in [1.807, 2.05) is 29.7 Å². The Balaban J connectivity index is 1.65. The molecule has 0 saturated carbocycles. The number of primary amides is 1. The minimum absolute atomic E-state index is 0.437. The van der Waals surface area contributed by atoms with E-state index in [1.165, 1.54) is 4.88 Å². The summed E-state index contributed by atoms with van der Waals surface area (Å²) in [6.07, 6.45) is 0.875. The third kappa shape index (κ3) is 3.00. The number of thiophene rings is 1. The predicted molar refractivity (Wildman–Crippen MR) is 121 cm³/mol. The largest absolute Gasteiger partial charge is 0.370 e. The fourth-order valence-corrected chi connectivity index (χ4v) is 4.74. The first-order valence-corrected chi connectivity index (χ1v) is 10.7. The number of anilines is 2. The molecule has 4 aromatic rings. The zero-order chi connectivity index (χ0) is 20.8. The van der Waals surface area contributed by atoms with Crippen LogP contribution in [-0.4, -0.2) is 34.0 Å². The van der Waals surface area contributed by atoms with E-state index in [-0.39, 0.29) is 0 Å². The van der Waals surface area contributed by atoms with Crippen LogP contribution in [0, 0.1) is 6.92 Å². The Morgan fingerprint density at radius 1 is 1.27 bits per heavy atom. The number of aryl methyl sites for hydroxylation is 1. The predicted octanol–water partition coefficient (Wildman–Crippen LogP) is 3.49. The first kappa shape index (κ1) is 18.6. The maximum absolute atomic E-state index is 11.9. The molecule has 0 atom stereocenters. The highest BCUT2D eigenvalue weighted by atomic mass is 32.1. The monoisotopic (exact) mass is 418 g/mol. The van der Waals surface area contributed by atoms with E-state index < -0.39 is 5.91 Å². The zero-order valence-corrected chi connectivity index (χ0v) is 17.7. The van der Waals surface area contributed by atoms with Crippen LogP contribution in [0.3, 0.4) is 0 Å². The first-order valence-electron chi connectivity index (χ1n) is 9.82. The third-order valence-corrected chi connectivity index (χ3v) is 6.39. The van der Waals surface area contributed by atoms with Crippen molar-refractivity contribution >= 4 is 39.7 Å². The van der Waals surface area contributed by atoms with Gasteiger partial charge in [0.2, 0.25) is 11.9 Å². The van der Waals surface area contributed by atoms with Crippen molar-refractivity contribution in [1.82, 2.24) is 14.5 Å². The van der Waals surface area contributed by atoms with Gasteiger partial charge in [0, 0.05) is 41.5 Å². The number of fused-ring (bicyclic) bond motifs is 2. The number of nitrogens with one attached hydrogen (secondary N) is 1. The summed E-state index contributed by atoms with van der Waals surface area (Å²) in [5.41, 5.74) is 10.0. The molecule has 1 aliphatic rings. The van der Waals surface area contributed by atoms with Gasteiger partial charge in [-0.3, -0.25) is 9.36 Å². The topological polar surface area (TPSA) is 89.1 Å². The molecule has 0 saturated heterocycles. The summed E-state index contributed by atoms with van der Waals surface area (Å²) < 4.78 is 2.00. The van der Waals surface area contributed by atoms with Gasteiger partial charge in [0.05, 0.1) is 17.8 Å². The average Bonchev–Trinajstić information content (AvgIpc) is 3.44. The van der Waals surface area contributed by atoms with E-state index in [0.717, 1.165) is 46.8 Å². The summed E-state index contributed by atoms with van der Waals surface area (Å²) in [6, 6.07) is 11.7. The molecular formula is C22H22N6OS. The van der Waals surface area contributed by atoms with Crippen LogP contribution in [0.1, 0.15) is 26.6 Å². The third-order valence-electron chi connectivity index (χ3n) is 5.52. The van der Waals surface area contributed by atoms with Gasteiger partial charge in [-0.1, -0.05) is 12.1 Å². The van der Waals surface area contributed by atoms with Gasteiger partial charge in [0.15, 0.2) is 5.82 Å². The van der Waals surface area contributed by atoms with Crippen LogP contribution in [0.25, 0.3) is 16.9 Å². The van der Waals surface area contributed by atoms with Crippen LogP contribution < -0.4 is 16.0 Å². The van der Waals surface area contributed by atoms with E-state index in [9.17, 15) is 4.79 Å². The number of nitrogens with zero attached hydrogens (tertiary/aromatic N) is 4. The Bertz CT molecular complexity index is 1260. The number of carbonyl (C=O) groups excluding carboxylic acids is 1. The second-order valence-corrected chi connectivity index (χ2v) is 8.53. The minimum atomic E-state index is -0.437. The first-order chi connectivity index (χ1) is 14.5. The van der Waals surface area contributed by atoms with Crippen LogP contribution in [-0.2, 0) is 13.0 Å². The van der Waals surface area contributed by atoms with Crippen LogP contribution in [0.15, 0.2) is 41.8 Å². The second kappa shape index (κ2) is 7.14. The lowest BCUT2D eigenvalue weighted by atomic mass is 10.1. The maximum atomic E-state index is 11.9. The minimum Gasteiger partial charge on any atom is -0.370 e. The molecule has 1 amide bonds. The number of hydrogen-bond donors (Lipinski definition) is 2. The molecule has 0 aliphatic carbocycles. The highest BCUT2D eigenvalue weighted by Gasteiger charge is 2.25. The SMILES string of the molecule is Cc1cc2c(C(N)=O)cccc2n1-c1nc2c(c(NCc3cccs3)n1)N(C)CC2. The van der Waals surface area contributed by atoms with Gasteiger partial charge in [-0.25, -0.2) is 4.98 Å². The Kier molecular flexibility index (Phi) is 4.43. The van der Waals surface area contributed by atoms with E-state index >= 15 is 0 Å². The Morgan fingerprint density at radius 2 is 2.13 bits per heavy atom. The number of hydrogen-bond acceptors (Lipinski definition) is 6. The highest BCUT2D eigenvalue weighted by molar-refractivity contribution is 7.09. The molecule has 0 fully saturated rings. The Hall–Kier alpha value is -3.39. The molecule has 0 spiro atoms.